The van der Waals surface area contributed by atoms with E-state index in [0.29, 0.717) is 13.0 Å². The fourth-order valence-corrected chi connectivity index (χ4v) is 2.36. The lowest BCUT2D eigenvalue weighted by atomic mass is 10.1. The van der Waals surface area contributed by atoms with Crippen LogP contribution in [-0.4, -0.2) is 10.9 Å². The first-order valence-corrected chi connectivity index (χ1v) is 7.44. The summed E-state index contributed by atoms with van der Waals surface area (Å²) >= 11 is 1.54. The second-order valence-electron chi connectivity index (χ2n) is 4.43. The average molecular weight is 274 g/mol. The molecule has 0 radical (unpaired) electrons. The largest absolute Gasteiger partial charge is 0.350 e. The van der Waals surface area contributed by atoms with Crippen LogP contribution in [-0.2, 0) is 24.2 Å². The Balaban J connectivity index is 1.73. The topological polar surface area (TPSA) is 42.0 Å². The Labute approximate surface area is 117 Å². The predicted molar refractivity (Wildman–Crippen MR) is 78.1 cm³/mol. The van der Waals surface area contributed by atoms with Gasteiger partial charge in [-0.3, -0.25) is 4.79 Å². The number of hydrogen-bond donors (Lipinski definition) is 1. The van der Waals surface area contributed by atoms with Crippen molar-refractivity contribution < 1.29 is 4.79 Å². The second-order valence-corrected chi connectivity index (χ2v) is 5.15. The lowest BCUT2D eigenvalue weighted by molar-refractivity contribution is -0.121. The monoisotopic (exact) mass is 274 g/mol. The molecule has 0 spiro atoms. The Bertz CT molecular complexity index is 505. The predicted octanol–water partition coefficient (Wildman–Crippen LogP) is 2.95. The molecule has 2 aromatic rings. The summed E-state index contributed by atoms with van der Waals surface area (Å²) < 4.78 is 0. The third-order valence-electron chi connectivity index (χ3n) is 3.02. The van der Waals surface area contributed by atoms with Crippen LogP contribution < -0.4 is 5.32 Å². The minimum atomic E-state index is 0.0765. The van der Waals surface area contributed by atoms with Gasteiger partial charge in [0.15, 0.2) is 0 Å². The second kappa shape index (κ2) is 7.04. The maximum absolute atomic E-state index is 11.7. The van der Waals surface area contributed by atoms with Gasteiger partial charge in [-0.05, 0) is 24.0 Å². The van der Waals surface area contributed by atoms with E-state index in [0.717, 1.165) is 18.5 Å². The van der Waals surface area contributed by atoms with E-state index in [9.17, 15) is 4.79 Å². The third-order valence-corrected chi connectivity index (χ3v) is 3.66. The van der Waals surface area contributed by atoms with Gasteiger partial charge in [0.2, 0.25) is 5.91 Å². The normalized spacial score (nSPS) is 10.4. The highest BCUT2D eigenvalue weighted by molar-refractivity contribution is 7.07. The molecule has 1 aromatic heterocycles. The van der Waals surface area contributed by atoms with Crippen molar-refractivity contribution in [1.29, 1.82) is 0 Å². The fourth-order valence-electron chi connectivity index (χ4n) is 1.80. The van der Waals surface area contributed by atoms with Crippen molar-refractivity contribution in [2.24, 2.45) is 0 Å². The molecule has 1 heterocycles. The number of carbonyl (C=O) groups excluding carboxylic acids is 1. The van der Waals surface area contributed by atoms with Crippen molar-refractivity contribution in [3.8, 4) is 0 Å². The molecule has 0 saturated carbocycles. The maximum Gasteiger partial charge on any atom is 0.220 e. The molecule has 0 aliphatic rings. The van der Waals surface area contributed by atoms with Crippen LogP contribution in [0.15, 0.2) is 35.2 Å². The van der Waals surface area contributed by atoms with Crippen LogP contribution >= 0.6 is 11.3 Å². The van der Waals surface area contributed by atoms with E-state index in [-0.39, 0.29) is 5.91 Å². The van der Waals surface area contributed by atoms with Gasteiger partial charge in [0.05, 0.1) is 17.7 Å². The fraction of sp³-hybridized carbons (Fsp3) is 0.333. The quantitative estimate of drug-likeness (QED) is 0.880. The van der Waals surface area contributed by atoms with E-state index in [1.165, 1.54) is 11.1 Å². The first-order valence-electron chi connectivity index (χ1n) is 6.49. The standard InChI is InChI=1S/C15H18N2OS/c1-2-12-3-5-13(6-4-12)7-8-15(18)16-9-14-10-19-11-17-14/h3-6,10-11H,2,7-9H2,1H3,(H,16,18). The number of aromatic nitrogens is 1. The average Bonchev–Trinajstić information content (AvgIpc) is 2.96. The van der Waals surface area contributed by atoms with Gasteiger partial charge in [-0.1, -0.05) is 31.2 Å². The lowest BCUT2D eigenvalue weighted by Gasteiger charge is -2.04. The van der Waals surface area contributed by atoms with Gasteiger partial charge in [0.25, 0.3) is 0 Å². The molecule has 0 aliphatic carbocycles. The van der Waals surface area contributed by atoms with Gasteiger partial charge >= 0.3 is 0 Å². The summed E-state index contributed by atoms with van der Waals surface area (Å²) in [6, 6.07) is 8.46. The molecule has 0 saturated heterocycles. The zero-order valence-corrected chi connectivity index (χ0v) is 11.9. The van der Waals surface area contributed by atoms with Crippen molar-refractivity contribution in [3.05, 3.63) is 52.0 Å². The van der Waals surface area contributed by atoms with Crippen molar-refractivity contribution in [2.45, 2.75) is 32.7 Å². The molecule has 100 valence electrons. The number of rotatable bonds is 6. The first-order chi connectivity index (χ1) is 9.28. The Kier molecular flexibility index (Phi) is 5.10. The molecule has 3 nitrogen and oxygen atoms in total. The Morgan fingerprint density at radius 3 is 2.63 bits per heavy atom. The summed E-state index contributed by atoms with van der Waals surface area (Å²) in [5, 5.41) is 4.83. The van der Waals surface area contributed by atoms with Crippen molar-refractivity contribution in [1.82, 2.24) is 10.3 Å². The number of hydrogen-bond acceptors (Lipinski definition) is 3. The summed E-state index contributed by atoms with van der Waals surface area (Å²) in [7, 11) is 0. The molecule has 0 unspecified atom stereocenters. The number of nitrogens with zero attached hydrogens (tertiary/aromatic N) is 1. The van der Waals surface area contributed by atoms with E-state index < -0.39 is 0 Å². The number of carbonyl (C=O) groups is 1. The Hall–Kier alpha value is -1.68. The van der Waals surface area contributed by atoms with Crippen LogP contribution in [0.5, 0.6) is 0 Å². The maximum atomic E-state index is 11.7. The Morgan fingerprint density at radius 1 is 1.26 bits per heavy atom. The molecule has 4 heteroatoms. The van der Waals surface area contributed by atoms with E-state index in [1.54, 1.807) is 16.8 Å². The van der Waals surface area contributed by atoms with Gasteiger partial charge in [0.1, 0.15) is 0 Å². The number of thiazole rings is 1. The minimum absolute atomic E-state index is 0.0765. The number of benzene rings is 1. The molecule has 2 rings (SSSR count). The highest BCUT2D eigenvalue weighted by Gasteiger charge is 2.03. The number of amides is 1. The van der Waals surface area contributed by atoms with E-state index in [2.05, 4.69) is 41.5 Å². The van der Waals surface area contributed by atoms with E-state index in [1.807, 2.05) is 5.38 Å². The van der Waals surface area contributed by atoms with Crippen LogP contribution in [0, 0.1) is 0 Å². The molecule has 0 fully saturated rings. The lowest BCUT2D eigenvalue weighted by Crippen LogP contribution is -2.23. The molecule has 0 bridgehead atoms. The van der Waals surface area contributed by atoms with Gasteiger partial charge in [-0.2, -0.15) is 0 Å². The highest BCUT2D eigenvalue weighted by Crippen LogP contribution is 2.07. The molecule has 0 atom stereocenters. The molecular weight excluding hydrogens is 256 g/mol. The van der Waals surface area contributed by atoms with Crippen LogP contribution in [0.25, 0.3) is 0 Å². The minimum Gasteiger partial charge on any atom is -0.350 e. The van der Waals surface area contributed by atoms with Crippen molar-refractivity contribution in [3.63, 3.8) is 0 Å². The first kappa shape index (κ1) is 13.7. The zero-order chi connectivity index (χ0) is 13.5. The molecule has 1 N–H and O–H groups in total. The third kappa shape index (κ3) is 4.48. The highest BCUT2D eigenvalue weighted by atomic mass is 32.1. The SMILES string of the molecule is CCc1ccc(CCC(=O)NCc2cscn2)cc1. The van der Waals surface area contributed by atoms with Gasteiger partial charge in [-0.15, -0.1) is 11.3 Å². The molecule has 0 aliphatic heterocycles. The number of aryl methyl sites for hydroxylation is 2. The summed E-state index contributed by atoms with van der Waals surface area (Å²) in [5.41, 5.74) is 5.24. The summed E-state index contributed by atoms with van der Waals surface area (Å²) in [4.78, 5) is 15.8. The molecular formula is C15H18N2OS. The van der Waals surface area contributed by atoms with Crippen LogP contribution in [0.2, 0.25) is 0 Å². The smallest absolute Gasteiger partial charge is 0.220 e. The van der Waals surface area contributed by atoms with Gasteiger partial charge in [0, 0.05) is 11.8 Å². The van der Waals surface area contributed by atoms with Crippen molar-refractivity contribution >= 4 is 17.2 Å². The van der Waals surface area contributed by atoms with Gasteiger partial charge < -0.3 is 5.32 Å². The summed E-state index contributed by atoms with van der Waals surface area (Å²) in [5.74, 6) is 0.0765. The Morgan fingerprint density at radius 2 is 2.00 bits per heavy atom. The van der Waals surface area contributed by atoms with E-state index in [4.69, 9.17) is 0 Å². The summed E-state index contributed by atoms with van der Waals surface area (Å²) in [6.07, 6.45) is 2.36. The van der Waals surface area contributed by atoms with Gasteiger partial charge in [-0.25, -0.2) is 4.98 Å². The van der Waals surface area contributed by atoms with Crippen LogP contribution in [0.3, 0.4) is 0 Å². The number of nitrogens with one attached hydrogen (secondary N) is 1. The summed E-state index contributed by atoms with van der Waals surface area (Å²) in [6.45, 7) is 2.66. The van der Waals surface area contributed by atoms with Crippen molar-refractivity contribution in [2.75, 3.05) is 0 Å². The van der Waals surface area contributed by atoms with Crippen LogP contribution in [0.1, 0.15) is 30.2 Å². The molecule has 19 heavy (non-hydrogen) atoms. The zero-order valence-electron chi connectivity index (χ0n) is 11.1. The molecule has 1 aromatic carbocycles. The van der Waals surface area contributed by atoms with Crippen LogP contribution in [0.4, 0.5) is 0 Å². The van der Waals surface area contributed by atoms with E-state index >= 15 is 0 Å². The molecule has 1 amide bonds.